The van der Waals surface area contributed by atoms with Crippen molar-refractivity contribution in [3.63, 3.8) is 0 Å². The van der Waals surface area contributed by atoms with Gasteiger partial charge in [0.1, 0.15) is 11.6 Å². The van der Waals surface area contributed by atoms with Gasteiger partial charge < -0.3 is 15.5 Å². The molecule has 25 heavy (non-hydrogen) atoms. The third-order valence-corrected chi connectivity index (χ3v) is 3.47. The van der Waals surface area contributed by atoms with E-state index in [1.54, 1.807) is 31.3 Å². The van der Waals surface area contributed by atoms with E-state index in [0.717, 1.165) is 0 Å². The number of amides is 2. The zero-order valence-electron chi connectivity index (χ0n) is 13.8. The first-order valence-corrected chi connectivity index (χ1v) is 7.81. The van der Waals surface area contributed by atoms with Crippen LogP contribution in [0.1, 0.15) is 5.56 Å². The molecule has 2 rings (SSSR count). The molecule has 0 aliphatic carbocycles. The van der Waals surface area contributed by atoms with Gasteiger partial charge in [0.15, 0.2) is 13.1 Å². The van der Waals surface area contributed by atoms with Gasteiger partial charge in [-0.25, -0.2) is 8.78 Å². The highest BCUT2D eigenvalue weighted by Crippen LogP contribution is 2.08. The molecule has 0 heterocycles. The Bertz CT molecular complexity index is 753. The average Bonchev–Trinajstić information content (AvgIpc) is 2.53. The van der Waals surface area contributed by atoms with Gasteiger partial charge in [-0.15, -0.1) is 0 Å². The third-order valence-electron chi connectivity index (χ3n) is 3.47. The molecule has 0 spiro atoms. The maximum atomic E-state index is 13.5. The van der Waals surface area contributed by atoms with Gasteiger partial charge in [0.25, 0.3) is 11.8 Å². The second-order valence-corrected chi connectivity index (χ2v) is 5.74. The molecule has 3 N–H and O–H groups in total. The first-order chi connectivity index (χ1) is 11.9. The van der Waals surface area contributed by atoms with Gasteiger partial charge in [-0.2, -0.15) is 0 Å². The lowest BCUT2D eigenvalue weighted by Crippen LogP contribution is -3.11. The minimum absolute atomic E-state index is 0.0453. The van der Waals surface area contributed by atoms with Crippen molar-refractivity contribution in [2.75, 3.05) is 25.5 Å². The lowest BCUT2D eigenvalue weighted by atomic mass is 10.2. The summed E-state index contributed by atoms with van der Waals surface area (Å²) in [6.45, 7) is 0.197. The fourth-order valence-corrected chi connectivity index (χ4v) is 2.28. The molecule has 1 atom stereocenters. The minimum atomic E-state index is -0.439. The number of nitrogens with one attached hydrogen (secondary N) is 3. The second-order valence-electron chi connectivity index (χ2n) is 5.74. The first kappa shape index (κ1) is 18.5. The predicted molar refractivity (Wildman–Crippen MR) is 89.9 cm³/mol. The molecular weight excluding hydrogens is 328 g/mol. The maximum absolute atomic E-state index is 13.5. The molecule has 0 saturated heterocycles. The third kappa shape index (κ3) is 6.31. The van der Waals surface area contributed by atoms with Crippen molar-refractivity contribution < 1.29 is 23.3 Å². The van der Waals surface area contributed by atoms with Crippen LogP contribution in [0.4, 0.5) is 14.5 Å². The van der Waals surface area contributed by atoms with E-state index < -0.39 is 5.82 Å². The van der Waals surface area contributed by atoms with Crippen LogP contribution >= 0.6 is 0 Å². The topological polar surface area (TPSA) is 62.6 Å². The smallest absolute Gasteiger partial charge is 0.279 e. The van der Waals surface area contributed by atoms with Gasteiger partial charge in [0.2, 0.25) is 0 Å². The number of carbonyl (C=O) groups is 2. The molecule has 2 aromatic carbocycles. The molecule has 5 nitrogen and oxygen atoms in total. The van der Waals surface area contributed by atoms with E-state index in [1.807, 2.05) is 0 Å². The summed E-state index contributed by atoms with van der Waals surface area (Å²) < 4.78 is 26.5. The van der Waals surface area contributed by atoms with E-state index >= 15 is 0 Å². The van der Waals surface area contributed by atoms with Gasteiger partial charge >= 0.3 is 0 Å². The summed E-state index contributed by atoms with van der Waals surface area (Å²) in [4.78, 5) is 24.4. The Morgan fingerprint density at radius 2 is 1.72 bits per heavy atom. The number of rotatable bonds is 7. The molecule has 7 heteroatoms. The Morgan fingerprint density at radius 1 is 1.00 bits per heavy atom. The zero-order valence-corrected chi connectivity index (χ0v) is 13.8. The predicted octanol–water partition coefficient (Wildman–Crippen LogP) is 0.734. The lowest BCUT2D eigenvalue weighted by molar-refractivity contribution is -0.862. The van der Waals surface area contributed by atoms with Gasteiger partial charge in [-0.05, 0) is 24.3 Å². The number of hydrogen-bond donors (Lipinski definition) is 3. The molecule has 1 unspecified atom stereocenters. The summed E-state index contributed by atoms with van der Waals surface area (Å²) in [6, 6.07) is 11.8. The minimum Gasteiger partial charge on any atom is -0.347 e. The summed E-state index contributed by atoms with van der Waals surface area (Å²) in [5.41, 5.74) is 0.763. The van der Waals surface area contributed by atoms with Crippen molar-refractivity contribution in [2.24, 2.45) is 0 Å². The van der Waals surface area contributed by atoms with Crippen molar-refractivity contribution in [1.29, 1.82) is 0 Å². The van der Waals surface area contributed by atoms with Gasteiger partial charge in [0, 0.05) is 17.8 Å². The zero-order chi connectivity index (χ0) is 18.2. The molecular formula is C18H20F2N3O2+. The van der Waals surface area contributed by atoms with Gasteiger partial charge in [0.05, 0.1) is 7.05 Å². The van der Waals surface area contributed by atoms with Gasteiger partial charge in [-0.3, -0.25) is 9.59 Å². The van der Waals surface area contributed by atoms with Crippen LogP contribution in [0.5, 0.6) is 0 Å². The van der Waals surface area contributed by atoms with Crippen molar-refractivity contribution in [2.45, 2.75) is 6.54 Å². The van der Waals surface area contributed by atoms with Crippen molar-refractivity contribution in [3.05, 3.63) is 65.7 Å². The Morgan fingerprint density at radius 3 is 2.44 bits per heavy atom. The largest absolute Gasteiger partial charge is 0.347 e. The standard InChI is InChI=1S/C18H19F2N3O2/c1-23(12-18(25)22-15-7-4-6-14(19)9-15)11-17(24)21-10-13-5-2-3-8-16(13)20/h2-9H,10-12H2,1H3,(H,21,24)(H,22,25)/p+1. The average molecular weight is 348 g/mol. The molecule has 0 saturated carbocycles. The highest BCUT2D eigenvalue weighted by Gasteiger charge is 2.14. The number of carbonyl (C=O) groups excluding carboxylic acids is 2. The molecule has 0 aromatic heterocycles. The van der Waals surface area contributed by atoms with Crippen LogP contribution in [0, 0.1) is 11.6 Å². The first-order valence-electron chi connectivity index (χ1n) is 7.81. The number of likely N-dealkylation sites (N-methyl/N-ethyl adjacent to an activating group) is 1. The molecule has 132 valence electrons. The van der Waals surface area contributed by atoms with Crippen LogP contribution in [0.25, 0.3) is 0 Å². The molecule has 0 radical (unpaired) electrons. The molecule has 2 amide bonds. The van der Waals surface area contributed by atoms with Crippen molar-refractivity contribution in [3.8, 4) is 0 Å². The van der Waals surface area contributed by atoms with E-state index in [9.17, 15) is 18.4 Å². The molecule has 2 aromatic rings. The molecule has 0 aliphatic rings. The van der Waals surface area contributed by atoms with E-state index in [2.05, 4.69) is 10.6 Å². The van der Waals surface area contributed by atoms with Crippen molar-refractivity contribution >= 4 is 17.5 Å². The maximum Gasteiger partial charge on any atom is 0.279 e. The van der Waals surface area contributed by atoms with Crippen LogP contribution < -0.4 is 15.5 Å². The van der Waals surface area contributed by atoms with Crippen molar-refractivity contribution in [1.82, 2.24) is 5.32 Å². The molecule has 0 aliphatic heterocycles. The summed E-state index contributed by atoms with van der Waals surface area (Å²) >= 11 is 0. The molecule has 0 bridgehead atoms. The van der Waals surface area contributed by atoms with Crippen LogP contribution in [0.2, 0.25) is 0 Å². The van der Waals surface area contributed by atoms with E-state index in [1.165, 1.54) is 24.3 Å². The van der Waals surface area contributed by atoms with Crippen LogP contribution in [0.3, 0.4) is 0 Å². The lowest BCUT2D eigenvalue weighted by Gasteiger charge is -2.14. The Hall–Kier alpha value is -2.80. The fourth-order valence-electron chi connectivity index (χ4n) is 2.28. The highest BCUT2D eigenvalue weighted by atomic mass is 19.1. The summed E-state index contributed by atoms with van der Waals surface area (Å²) in [7, 11) is 1.69. The molecule has 0 fully saturated rings. The number of benzene rings is 2. The van der Waals surface area contributed by atoms with Crippen LogP contribution in [-0.2, 0) is 16.1 Å². The van der Waals surface area contributed by atoms with E-state index in [4.69, 9.17) is 0 Å². The number of hydrogen-bond acceptors (Lipinski definition) is 2. The number of halogens is 2. The highest BCUT2D eigenvalue weighted by molar-refractivity contribution is 5.91. The summed E-state index contributed by atoms with van der Waals surface area (Å²) in [5, 5.41) is 5.19. The fraction of sp³-hybridized carbons (Fsp3) is 0.222. The van der Waals surface area contributed by atoms with Gasteiger partial charge in [-0.1, -0.05) is 24.3 Å². The number of anilines is 1. The number of quaternary nitrogens is 1. The van der Waals surface area contributed by atoms with Crippen LogP contribution in [-0.4, -0.2) is 32.0 Å². The second kappa shape index (κ2) is 8.89. The SMILES string of the molecule is C[NH+](CC(=O)NCc1ccccc1F)CC(=O)Nc1cccc(F)c1. The van der Waals surface area contributed by atoms with Crippen LogP contribution in [0.15, 0.2) is 48.5 Å². The Kier molecular flexibility index (Phi) is 6.59. The summed E-state index contributed by atoms with van der Waals surface area (Å²) in [6.07, 6.45) is 0. The Labute approximate surface area is 144 Å². The Balaban J connectivity index is 1.75. The monoisotopic (exact) mass is 348 g/mol. The van der Waals surface area contributed by atoms with E-state index in [0.29, 0.717) is 16.2 Å². The summed E-state index contributed by atoms with van der Waals surface area (Å²) in [5.74, 6) is -1.44. The quantitative estimate of drug-likeness (QED) is 0.691. The normalized spacial score (nSPS) is 11.6. The van der Waals surface area contributed by atoms with E-state index in [-0.39, 0.29) is 37.3 Å².